The number of aromatic nitrogens is 1. The van der Waals surface area contributed by atoms with Gasteiger partial charge in [0.1, 0.15) is 0 Å². The molecule has 5 heteroatoms. The van der Waals surface area contributed by atoms with Crippen molar-refractivity contribution in [3.05, 3.63) is 41.9 Å². The molecule has 1 N–H and O–H groups in total. The zero-order valence-corrected chi connectivity index (χ0v) is 12.7. The molecule has 1 fully saturated rings. The summed E-state index contributed by atoms with van der Waals surface area (Å²) >= 11 is 0. The number of hydrogen-bond donors (Lipinski definition) is 1. The van der Waals surface area contributed by atoms with Crippen LogP contribution in [-0.4, -0.2) is 40.1 Å². The molecule has 2 heterocycles. The Balaban J connectivity index is 1.58. The van der Waals surface area contributed by atoms with Crippen LogP contribution in [-0.2, 0) is 11.2 Å². The van der Waals surface area contributed by atoms with Crippen molar-refractivity contribution in [3.63, 3.8) is 0 Å². The molecule has 0 unspecified atom stereocenters. The lowest BCUT2D eigenvalue weighted by Crippen LogP contribution is -2.29. The second-order valence-corrected chi connectivity index (χ2v) is 5.77. The fourth-order valence-electron chi connectivity index (χ4n) is 2.62. The number of oxazole rings is 1. The van der Waals surface area contributed by atoms with E-state index in [0.717, 1.165) is 11.3 Å². The molecule has 22 heavy (non-hydrogen) atoms. The van der Waals surface area contributed by atoms with Gasteiger partial charge >= 0.3 is 0 Å². The van der Waals surface area contributed by atoms with Crippen LogP contribution >= 0.6 is 0 Å². The van der Waals surface area contributed by atoms with E-state index in [4.69, 9.17) is 4.42 Å². The predicted molar refractivity (Wildman–Crippen MR) is 82.2 cm³/mol. The molecule has 0 aliphatic carbocycles. The van der Waals surface area contributed by atoms with E-state index in [1.54, 1.807) is 11.1 Å². The molecule has 3 rings (SSSR count). The highest BCUT2D eigenvalue weighted by Gasteiger charge is 2.24. The van der Waals surface area contributed by atoms with Gasteiger partial charge in [-0.05, 0) is 13.3 Å². The number of aliphatic hydroxyl groups is 1. The lowest BCUT2D eigenvalue weighted by atomic mass is 10.1. The van der Waals surface area contributed by atoms with Gasteiger partial charge in [-0.15, -0.1) is 0 Å². The molecular formula is C17H20N2O3. The first-order valence-corrected chi connectivity index (χ1v) is 7.59. The first kappa shape index (κ1) is 14.8. The second kappa shape index (κ2) is 6.32. The maximum absolute atomic E-state index is 12.0. The lowest BCUT2D eigenvalue weighted by Gasteiger charge is -2.14. The molecule has 0 saturated carbocycles. The molecule has 1 aromatic heterocycles. The van der Waals surface area contributed by atoms with E-state index in [-0.39, 0.29) is 12.0 Å². The van der Waals surface area contributed by atoms with Gasteiger partial charge in [0.25, 0.3) is 0 Å². The monoisotopic (exact) mass is 300 g/mol. The van der Waals surface area contributed by atoms with Crippen LogP contribution in [0.3, 0.4) is 0 Å². The van der Waals surface area contributed by atoms with Crippen molar-refractivity contribution in [2.24, 2.45) is 0 Å². The number of rotatable bonds is 4. The number of aliphatic hydroxyl groups excluding tert-OH is 1. The number of amides is 1. The molecule has 116 valence electrons. The summed E-state index contributed by atoms with van der Waals surface area (Å²) < 4.78 is 5.71. The Morgan fingerprint density at radius 3 is 2.86 bits per heavy atom. The van der Waals surface area contributed by atoms with E-state index in [1.807, 2.05) is 31.2 Å². The maximum atomic E-state index is 12.0. The Bertz CT molecular complexity index is 648. The van der Waals surface area contributed by atoms with Gasteiger partial charge in [-0.3, -0.25) is 4.79 Å². The normalized spacial score (nSPS) is 17.9. The number of β-amino-alcohol motifs (C(OH)–C–C–N with tert-alkyl or cyclic N) is 1. The van der Waals surface area contributed by atoms with Crippen LogP contribution in [0.25, 0.3) is 11.3 Å². The molecule has 1 saturated heterocycles. The van der Waals surface area contributed by atoms with Crippen LogP contribution in [0.2, 0.25) is 0 Å². The highest BCUT2D eigenvalue weighted by atomic mass is 16.4. The maximum Gasteiger partial charge on any atom is 0.223 e. The minimum atomic E-state index is -0.376. The summed E-state index contributed by atoms with van der Waals surface area (Å²) in [4.78, 5) is 18.0. The van der Waals surface area contributed by atoms with Gasteiger partial charge in [0.05, 0.1) is 12.3 Å². The second-order valence-electron chi connectivity index (χ2n) is 5.77. The van der Waals surface area contributed by atoms with Gasteiger partial charge in [0, 0.05) is 31.5 Å². The summed E-state index contributed by atoms with van der Waals surface area (Å²) in [5.41, 5.74) is 2.18. The Labute approximate surface area is 129 Å². The van der Waals surface area contributed by atoms with Crippen molar-refractivity contribution in [3.8, 4) is 11.3 Å². The molecule has 1 amide bonds. The Hall–Kier alpha value is -2.14. The minimum Gasteiger partial charge on any atom is -0.441 e. The van der Waals surface area contributed by atoms with Gasteiger partial charge < -0.3 is 14.4 Å². The number of aryl methyl sites for hydroxylation is 2. The zero-order valence-electron chi connectivity index (χ0n) is 12.7. The van der Waals surface area contributed by atoms with E-state index in [2.05, 4.69) is 4.98 Å². The van der Waals surface area contributed by atoms with Crippen molar-refractivity contribution in [2.75, 3.05) is 13.1 Å². The van der Waals surface area contributed by atoms with Crippen LogP contribution in [0.4, 0.5) is 0 Å². The standard InChI is InChI=1S/C17H20N2O3/c1-12-2-4-13(5-3-12)15-10-18-16(22-15)6-7-17(21)19-9-8-14(20)11-19/h2-5,10,14,20H,6-9,11H2,1H3/t14-/m0/s1. The van der Waals surface area contributed by atoms with Gasteiger partial charge in [-0.2, -0.15) is 0 Å². The average Bonchev–Trinajstić information content (AvgIpc) is 3.15. The highest BCUT2D eigenvalue weighted by Crippen LogP contribution is 2.21. The number of nitrogens with zero attached hydrogens (tertiary/aromatic N) is 2. The van der Waals surface area contributed by atoms with Crippen LogP contribution in [0.1, 0.15) is 24.3 Å². The number of carbonyl (C=O) groups is 1. The minimum absolute atomic E-state index is 0.0478. The fourth-order valence-corrected chi connectivity index (χ4v) is 2.62. The van der Waals surface area contributed by atoms with E-state index in [1.165, 1.54) is 5.56 Å². The van der Waals surface area contributed by atoms with Crippen molar-refractivity contribution in [1.29, 1.82) is 0 Å². The zero-order chi connectivity index (χ0) is 15.5. The third kappa shape index (κ3) is 3.36. The quantitative estimate of drug-likeness (QED) is 0.940. The third-order valence-corrected chi connectivity index (χ3v) is 3.96. The van der Waals surface area contributed by atoms with E-state index in [9.17, 15) is 9.90 Å². The molecule has 1 atom stereocenters. The lowest BCUT2D eigenvalue weighted by molar-refractivity contribution is -0.130. The fraction of sp³-hybridized carbons (Fsp3) is 0.412. The third-order valence-electron chi connectivity index (χ3n) is 3.96. The summed E-state index contributed by atoms with van der Waals surface area (Å²) in [5.74, 6) is 1.34. The average molecular weight is 300 g/mol. The van der Waals surface area contributed by atoms with Crippen molar-refractivity contribution < 1.29 is 14.3 Å². The summed E-state index contributed by atoms with van der Waals surface area (Å²) in [6.07, 6.45) is 2.84. The molecule has 0 radical (unpaired) electrons. The Morgan fingerprint density at radius 1 is 1.41 bits per heavy atom. The van der Waals surface area contributed by atoms with Gasteiger partial charge in [0.15, 0.2) is 11.7 Å². The van der Waals surface area contributed by atoms with Crippen molar-refractivity contribution in [1.82, 2.24) is 9.88 Å². The highest BCUT2D eigenvalue weighted by molar-refractivity contribution is 5.76. The molecule has 1 aliphatic heterocycles. The number of carbonyl (C=O) groups excluding carboxylic acids is 1. The SMILES string of the molecule is Cc1ccc(-c2cnc(CCC(=O)N3CC[C@H](O)C3)o2)cc1. The van der Waals surface area contributed by atoms with Gasteiger partial charge in [0.2, 0.25) is 5.91 Å². The molecule has 1 aromatic carbocycles. The van der Waals surface area contributed by atoms with Crippen LogP contribution in [0, 0.1) is 6.92 Å². The molecule has 0 bridgehead atoms. The number of hydrogen-bond acceptors (Lipinski definition) is 4. The van der Waals surface area contributed by atoms with Gasteiger partial charge in [-0.1, -0.05) is 29.8 Å². The summed E-state index contributed by atoms with van der Waals surface area (Å²) in [6.45, 7) is 3.12. The van der Waals surface area contributed by atoms with Crippen LogP contribution in [0.15, 0.2) is 34.9 Å². The summed E-state index contributed by atoms with van der Waals surface area (Å²) in [5, 5.41) is 9.46. The largest absolute Gasteiger partial charge is 0.441 e. The molecule has 0 spiro atoms. The van der Waals surface area contributed by atoms with Crippen LogP contribution in [0.5, 0.6) is 0 Å². The number of benzene rings is 1. The Morgan fingerprint density at radius 2 is 2.18 bits per heavy atom. The molecular weight excluding hydrogens is 280 g/mol. The molecule has 1 aliphatic rings. The predicted octanol–water partition coefficient (Wildman–Crippen LogP) is 2.18. The summed E-state index contributed by atoms with van der Waals surface area (Å²) in [7, 11) is 0. The van der Waals surface area contributed by atoms with Gasteiger partial charge in [-0.25, -0.2) is 4.98 Å². The Kier molecular flexibility index (Phi) is 4.24. The van der Waals surface area contributed by atoms with E-state index >= 15 is 0 Å². The molecule has 2 aromatic rings. The van der Waals surface area contributed by atoms with Crippen molar-refractivity contribution in [2.45, 2.75) is 32.3 Å². The first-order chi connectivity index (χ1) is 10.6. The van der Waals surface area contributed by atoms with Crippen molar-refractivity contribution >= 4 is 5.91 Å². The first-order valence-electron chi connectivity index (χ1n) is 7.59. The van der Waals surface area contributed by atoms with Crippen LogP contribution < -0.4 is 0 Å². The van der Waals surface area contributed by atoms with E-state index < -0.39 is 0 Å². The topological polar surface area (TPSA) is 66.6 Å². The summed E-state index contributed by atoms with van der Waals surface area (Å²) in [6, 6.07) is 8.05. The molecule has 5 nitrogen and oxygen atoms in total. The van der Waals surface area contributed by atoms with E-state index in [0.29, 0.717) is 38.2 Å². The smallest absolute Gasteiger partial charge is 0.223 e. The number of likely N-dealkylation sites (tertiary alicyclic amines) is 1.